The first-order chi connectivity index (χ1) is 9.92. The standard InChI is InChI=1S/C18H29FN2/c1-5-21(14-9-6-7-10-14)17-12-8-11-16(19)15(17)13-20-18(2,3)4/h8,11-12,14,20H,5-7,9-10,13H2,1-4H3. The van der Waals surface area contributed by atoms with E-state index in [1.807, 2.05) is 6.07 Å². The van der Waals surface area contributed by atoms with Gasteiger partial charge in [-0.15, -0.1) is 0 Å². The molecule has 0 heterocycles. The predicted octanol–water partition coefficient (Wildman–Crippen LogP) is 4.48. The van der Waals surface area contributed by atoms with E-state index < -0.39 is 0 Å². The van der Waals surface area contributed by atoms with Gasteiger partial charge < -0.3 is 10.2 Å². The molecule has 0 atom stereocenters. The minimum atomic E-state index is -0.0966. The van der Waals surface area contributed by atoms with Gasteiger partial charge >= 0.3 is 0 Å². The normalized spacial score (nSPS) is 16.4. The van der Waals surface area contributed by atoms with Crippen LogP contribution in [0.25, 0.3) is 0 Å². The fourth-order valence-electron chi connectivity index (χ4n) is 3.19. The lowest BCUT2D eigenvalue weighted by molar-refractivity contribution is 0.418. The van der Waals surface area contributed by atoms with Crippen LogP contribution in [0.3, 0.4) is 0 Å². The molecule has 21 heavy (non-hydrogen) atoms. The Morgan fingerprint density at radius 2 is 1.90 bits per heavy atom. The van der Waals surface area contributed by atoms with Crippen LogP contribution in [0.2, 0.25) is 0 Å². The average molecular weight is 292 g/mol. The SMILES string of the molecule is CCN(c1cccc(F)c1CNC(C)(C)C)C1CCCC1. The second-order valence-electron chi connectivity index (χ2n) is 7.07. The number of benzene rings is 1. The fourth-order valence-corrected chi connectivity index (χ4v) is 3.19. The van der Waals surface area contributed by atoms with Crippen LogP contribution in [0.15, 0.2) is 18.2 Å². The first-order valence-corrected chi connectivity index (χ1v) is 8.21. The smallest absolute Gasteiger partial charge is 0.129 e. The number of hydrogen-bond donors (Lipinski definition) is 1. The molecule has 1 aromatic rings. The van der Waals surface area contributed by atoms with Crippen molar-refractivity contribution >= 4 is 5.69 Å². The predicted molar refractivity (Wildman–Crippen MR) is 88.3 cm³/mol. The molecule has 2 nitrogen and oxygen atoms in total. The molecular formula is C18H29FN2. The van der Waals surface area contributed by atoms with Crippen LogP contribution < -0.4 is 10.2 Å². The van der Waals surface area contributed by atoms with Gasteiger partial charge in [0.05, 0.1) is 0 Å². The third-order valence-corrected chi connectivity index (χ3v) is 4.31. The molecule has 0 radical (unpaired) electrons. The third-order valence-electron chi connectivity index (χ3n) is 4.31. The van der Waals surface area contributed by atoms with Crippen LogP contribution >= 0.6 is 0 Å². The van der Waals surface area contributed by atoms with Gasteiger partial charge in [-0.2, -0.15) is 0 Å². The van der Waals surface area contributed by atoms with Crippen molar-refractivity contribution in [2.24, 2.45) is 0 Å². The fraction of sp³-hybridized carbons (Fsp3) is 0.667. The molecule has 0 spiro atoms. The maximum absolute atomic E-state index is 14.3. The Hall–Kier alpha value is -1.09. The molecule has 0 aliphatic heterocycles. The van der Waals surface area contributed by atoms with E-state index in [9.17, 15) is 4.39 Å². The van der Waals surface area contributed by atoms with E-state index in [0.29, 0.717) is 12.6 Å². The van der Waals surface area contributed by atoms with Gasteiger partial charge in [-0.25, -0.2) is 4.39 Å². The Balaban J connectivity index is 2.26. The summed E-state index contributed by atoms with van der Waals surface area (Å²) in [6.07, 6.45) is 5.06. The molecule has 1 aromatic carbocycles. The van der Waals surface area contributed by atoms with Crippen LogP contribution in [0.4, 0.5) is 10.1 Å². The van der Waals surface area contributed by atoms with Gasteiger partial charge in [0, 0.05) is 35.9 Å². The summed E-state index contributed by atoms with van der Waals surface area (Å²) in [5.74, 6) is -0.0966. The second kappa shape index (κ2) is 6.78. The van der Waals surface area contributed by atoms with Crippen molar-refractivity contribution in [2.45, 2.75) is 71.5 Å². The minimum Gasteiger partial charge on any atom is -0.368 e. The molecule has 1 aliphatic carbocycles. The lowest BCUT2D eigenvalue weighted by Gasteiger charge is -2.32. The molecule has 2 rings (SSSR count). The Morgan fingerprint density at radius 1 is 1.24 bits per heavy atom. The lowest BCUT2D eigenvalue weighted by Crippen LogP contribution is -2.37. The maximum atomic E-state index is 14.3. The molecule has 1 aliphatic rings. The highest BCUT2D eigenvalue weighted by Gasteiger charge is 2.24. The molecular weight excluding hydrogens is 263 g/mol. The van der Waals surface area contributed by atoms with Crippen molar-refractivity contribution in [1.29, 1.82) is 0 Å². The topological polar surface area (TPSA) is 15.3 Å². The zero-order valence-corrected chi connectivity index (χ0v) is 13.9. The molecule has 0 amide bonds. The summed E-state index contributed by atoms with van der Waals surface area (Å²) in [4.78, 5) is 2.40. The molecule has 3 heteroatoms. The number of hydrogen-bond acceptors (Lipinski definition) is 2. The van der Waals surface area contributed by atoms with E-state index in [1.54, 1.807) is 6.07 Å². The van der Waals surface area contributed by atoms with Gasteiger partial charge in [-0.1, -0.05) is 18.9 Å². The van der Waals surface area contributed by atoms with E-state index in [-0.39, 0.29) is 11.4 Å². The van der Waals surface area contributed by atoms with E-state index in [0.717, 1.165) is 17.8 Å². The Morgan fingerprint density at radius 3 is 2.48 bits per heavy atom. The van der Waals surface area contributed by atoms with Gasteiger partial charge in [0.25, 0.3) is 0 Å². The van der Waals surface area contributed by atoms with Gasteiger partial charge in [-0.3, -0.25) is 0 Å². The third kappa shape index (κ3) is 4.19. The van der Waals surface area contributed by atoms with Gasteiger partial charge in [0.15, 0.2) is 0 Å². The van der Waals surface area contributed by atoms with Crippen LogP contribution in [0, 0.1) is 5.82 Å². The Bertz CT molecular complexity index is 459. The van der Waals surface area contributed by atoms with Gasteiger partial charge in [-0.05, 0) is 52.7 Å². The second-order valence-corrected chi connectivity index (χ2v) is 7.07. The number of rotatable bonds is 5. The van der Waals surface area contributed by atoms with Crippen molar-refractivity contribution in [3.63, 3.8) is 0 Å². The van der Waals surface area contributed by atoms with Gasteiger partial charge in [0.2, 0.25) is 0 Å². The summed E-state index contributed by atoms with van der Waals surface area (Å²) in [5.41, 5.74) is 1.87. The first-order valence-electron chi connectivity index (χ1n) is 8.21. The highest BCUT2D eigenvalue weighted by Crippen LogP contribution is 2.31. The van der Waals surface area contributed by atoms with Crippen LogP contribution in [0.1, 0.15) is 58.9 Å². The van der Waals surface area contributed by atoms with E-state index >= 15 is 0 Å². The summed E-state index contributed by atoms with van der Waals surface area (Å²) in [5, 5.41) is 3.42. The zero-order chi connectivity index (χ0) is 15.5. The lowest BCUT2D eigenvalue weighted by atomic mass is 10.1. The molecule has 0 aromatic heterocycles. The van der Waals surface area contributed by atoms with Gasteiger partial charge in [0.1, 0.15) is 5.82 Å². The van der Waals surface area contributed by atoms with Crippen LogP contribution in [-0.2, 0) is 6.54 Å². The summed E-state index contributed by atoms with van der Waals surface area (Å²) >= 11 is 0. The number of nitrogens with one attached hydrogen (secondary N) is 1. The van der Waals surface area contributed by atoms with Crippen LogP contribution in [0.5, 0.6) is 0 Å². The maximum Gasteiger partial charge on any atom is 0.129 e. The molecule has 0 saturated heterocycles. The van der Waals surface area contributed by atoms with Crippen molar-refractivity contribution in [1.82, 2.24) is 5.32 Å². The van der Waals surface area contributed by atoms with E-state index in [4.69, 9.17) is 0 Å². The first kappa shape index (κ1) is 16.3. The number of nitrogens with zero attached hydrogens (tertiary/aromatic N) is 1. The Kier molecular flexibility index (Phi) is 5.26. The summed E-state index contributed by atoms with van der Waals surface area (Å²) in [7, 11) is 0. The quantitative estimate of drug-likeness (QED) is 0.860. The number of halogens is 1. The minimum absolute atomic E-state index is 0.00997. The van der Waals surface area contributed by atoms with E-state index in [2.05, 4.69) is 44.0 Å². The molecule has 1 saturated carbocycles. The number of anilines is 1. The van der Waals surface area contributed by atoms with E-state index in [1.165, 1.54) is 25.7 Å². The highest BCUT2D eigenvalue weighted by molar-refractivity contribution is 5.55. The molecule has 1 fully saturated rings. The van der Waals surface area contributed by atoms with Crippen molar-refractivity contribution in [3.8, 4) is 0 Å². The zero-order valence-electron chi connectivity index (χ0n) is 13.9. The summed E-state index contributed by atoms with van der Waals surface area (Å²) < 4.78 is 14.3. The van der Waals surface area contributed by atoms with Crippen LogP contribution in [-0.4, -0.2) is 18.1 Å². The summed E-state index contributed by atoms with van der Waals surface area (Å²) in [6, 6.07) is 6.06. The highest BCUT2D eigenvalue weighted by atomic mass is 19.1. The monoisotopic (exact) mass is 292 g/mol. The van der Waals surface area contributed by atoms with Crippen molar-refractivity contribution < 1.29 is 4.39 Å². The Labute approximate surface area is 128 Å². The van der Waals surface area contributed by atoms with Crippen molar-refractivity contribution in [2.75, 3.05) is 11.4 Å². The molecule has 0 unspecified atom stereocenters. The van der Waals surface area contributed by atoms with Crippen molar-refractivity contribution in [3.05, 3.63) is 29.6 Å². The molecule has 118 valence electrons. The molecule has 0 bridgehead atoms. The summed E-state index contributed by atoms with van der Waals surface area (Å²) in [6.45, 7) is 10.0. The average Bonchev–Trinajstić information content (AvgIpc) is 2.91. The largest absolute Gasteiger partial charge is 0.368 e. The molecule has 1 N–H and O–H groups in total.